The second-order valence-corrected chi connectivity index (χ2v) is 4.42. The fourth-order valence-corrected chi connectivity index (χ4v) is 2.48. The van der Waals surface area contributed by atoms with E-state index in [9.17, 15) is 9.90 Å². The van der Waals surface area contributed by atoms with Gasteiger partial charge in [-0.3, -0.25) is 4.79 Å². The van der Waals surface area contributed by atoms with Gasteiger partial charge in [-0.2, -0.15) is 0 Å². The standard InChI is InChI=1S/C11H10O3S/c12-8(6-11(13)14)10-5-7-3-1-2-4-9(7)15-10/h1-5,8,12H,6H2,(H,13,14). The first-order chi connectivity index (χ1) is 7.16. The van der Waals surface area contributed by atoms with Crippen LogP contribution < -0.4 is 0 Å². The highest BCUT2D eigenvalue weighted by Gasteiger charge is 2.14. The summed E-state index contributed by atoms with van der Waals surface area (Å²) in [4.78, 5) is 11.1. The summed E-state index contributed by atoms with van der Waals surface area (Å²) in [6.07, 6.45) is -1.15. The molecule has 0 saturated heterocycles. The van der Waals surface area contributed by atoms with Crippen LogP contribution in [0.25, 0.3) is 10.1 Å². The second kappa shape index (κ2) is 4.00. The van der Waals surface area contributed by atoms with Crippen molar-refractivity contribution in [2.24, 2.45) is 0 Å². The molecular formula is C11H10O3S. The highest BCUT2D eigenvalue weighted by molar-refractivity contribution is 7.19. The summed E-state index contributed by atoms with van der Waals surface area (Å²) >= 11 is 1.43. The summed E-state index contributed by atoms with van der Waals surface area (Å²) in [5, 5.41) is 19.2. The summed E-state index contributed by atoms with van der Waals surface area (Å²) in [5.74, 6) is -0.986. The normalized spacial score (nSPS) is 12.9. The molecule has 2 N–H and O–H groups in total. The molecule has 0 amide bonds. The van der Waals surface area contributed by atoms with Crippen molar-refractivity contribution in [3.8, 4) is 0 Å². The van der Waals surface area contributed by atoms with E-state index in [1.54, 1.807) is 0 Å². The van der Waals surface area contributed by atoms with Crippen molar-refractivity contribution in [3.05, 3.63) is 35.2 Å². The fraction of sp³-hybridized carbons (Fsp3) is 0.182. The Bertz CT molecular complexity index is 456. The van der Waals surface area contributed by atoms with Crippen LogP contribution in [0.4, 0.5) is 0 Å². The maximum absolute atomic E-state index is 10.4. The van der Waals surface area contributed by atoms with Crippen molar-refractivity contribution in [1.29, 1.82) is 0 Å². The molecule has 78 valence electrons. The minimum atomic E-state index is -0.986. The van der Waals surface area contributed by atoms with Crippen LogP contribution >= 0.6 is 11.3 Å². The van der Waals surface area contributed by atoms with E-state index in [2.05, 4.69) is 0 Å². The molecular weight excluding hydrogens is 212 g/mol. The average molecular weight is 222 g/mol. The molecule has 1 unspecified atom stereocenters. The first-order valence-electron chi connectivity index (χ1n) is 4.55. The zero-order chi connectivity index (χ0) is 10.8. The van der Waals surface area contributed by atoms with Gasteiger partial charge < -0.3 is 10.2 Å². The summed E-state index contributed by atoms with van der Waals surface area (Å²) in [6, 6.07) is 9.59. The maximum Gasteiger partial charge on any atom is 0.306 e. The second-order valence-electron chi connectivity index (χ2n) is 3.30. The monoisotopic (exact) mass is 222 g/mol. The number of carboxylic acid groups (broad SMARTS) is 1. The number of carboxylic acids is 1. The molecule has 0 spiro atoms. The van der Waals surface area contributed by atoms with Gasteiger partial charge in [-0.1, -0.05) is 18.2 Å². The largest absolute Gasteiger partial charge is 0.481 e. The van der Waals surface area contributed by atoms with Crippen molar-refractivity contribution in [2.45, 2.75) is 12.5 Å². The van der Waals surface area contributed by atoms with Gasteiger partial charge in [0.15, 0.2) is 0 Å². The molecule has 0 fully saturated rings. The van der Waals surface area contributed by atoms with Gasteiger partial charge in [0.25, 0.3) is 0 Å². The van der Waals surface area contributed by atoms with Crippen LogP contribution in [0.1, 0.15) is 17.4 Å². The molecule has 0 aliphatic carbocycles. The Labute approximate surface area is 90.6 Å². The number of benzene rings is 1. The molecule has 4 heteroatoms. The first kappa shape index (κ1) is 10.1. The lowest BCUT2D eigenvalue weighted by molar-refractivity contribution is -0.139. The van der Waals surface area contributed by atoms with Gasteiger partial charge >= 0.3 is 5.97 Å². The zero-order valence-corrected chi connectivity index (χ0v) is 8.70. The molecule has 1 heterocycles. The number of thiophene rings is 1. The van der Waals surface area contributed by atoms with Gasteiger partial charge in [0.05, 0.1) is 12.5 Å². The molecule has 2 rings (SSSR count). The Morgan fingerprint density at radius 2 is 2.13 bits per heavy atom. The van der Waals surface area contributed by atoms with Gasteiger partial charge in [0.1, 0.15) is 0 Å². The zero-order valence-electron chi connectivity index (χ0n) is 7.88. The molecule has 2 aromatic rings. The Hall–Kier alpha value is -1.39. The average Bonchev–Trinajstić information content (AvgIpc) is 2.59. The first-order valence-corrected chi connectivity index (χ1v) is 5.37. The van der Waals surface area contributed by atoms with E-state index >= 15 is 0 Å². The van der Waals surface area contributed by atoms with E-state index in [0.29, 0.717) is 4.88 Å². The fourth-order valence-electron chi connectivity index (χ4n) is 1.43. The van der Waals surface area contributed by atoms with E-state index < -0.39 is 12.1 Å². The highest BCUT2D eigenvalue weighted by atomic mass is 32.1. The van der Waals surface area contributed by atoms with Crippen LogP contribution in [0, 0.1) is 0 Å². The lowest BCUT2D eigenvalue weighted by atomic mass is 10.2. The van der Waals surface area contributed by atoms with Gasteiger partial charge in [-0.25, -0.2) is 0 Å². The van der Waals surface area contributed by atoms with Crippen LogP contribution in [0.2, 0.25) is 0 Å². The summed E-state index contributed by atoms with van der Waals surface area (Å²) in [5.41, 5.74) is 0. The summed E-state index contributed by atoms with van der Waals surface area (Å²) in [7, 11) is 0. The predicted octanol–water partition coefficient (Wildman–Crippen LogP) is 2.41. The number of carbonyl (C=O) groups is 1. The van der Waals surface area contributed by atoms with Crippen LogP contribution in [-0.4, -0.2) is 16.2 Å². The molecule has 1 aromatic carbocycles. The van der Waals surface area contributed by atoms with Crippen LogP contribution in [0.5, 0.6) is 0 Å². The Kier molecular flexibility index (Phi) is 2.70. The third kappa shape index (κ3) is 2.16. The minimum absolute atomic E-state index is 0.243. The van der Waals surface area contributed by atoms with Gasteiger partial charge in [0.2, 0.25) is 0 Å². The highest BCUT2D eigenvalue weighted by Crippen LogP contribution is 2.30. The van der Waals surface area contributed by atoms with Crippen LogP contribution in [0.3, 0.4) is 0 Å². The number of hydrogen-bond acceptors (Lipinski definition) is 3. The number of aliphatic hydroxyl groups is 1. The third-order valence-electron chi connectivity index (χ3n) is 2.14. The topological polar surface area (TPSA) is 57.5 Å². The van der Waals surface area contributed by atoms with Crippen molar-refractivity contribution in [3.63, 3.8) is 0 Å². The van der Waals surface area contributed by atoms with Crippen LogP contribution in [0.15, 0.2) is 30.3 Å². The summed E-state index contributed by atoms with van der Waals surface area (Å²) < 4.78 is 1.07. The van der Waals surface area contributed by atoms with Gasteiger partial charge in [-0.15, -0.1) is 11.3 Å². The van der Waals surface area contributed by atoms with E-state index in [4.69, 9.17) is 5.11 Å². The Balaban J connectivity index is 2.32. The third-order valence-corrected chi connectivity index (χ3v) is 3.36. The molecule has 3 nitrogen and oxygen atoms in total. The van der Waals surface area contributed by atoms with Crippen molar-refractivity contribution < 1.29 is 15.0 Å². The van der Waals surface area contributed by atoms with Crippen molar-refractivity contribution in [2.75, 3.05) is 0 Å². The van der Waals surface area contributed by atoms with Crippen LogP contribution in [-0.2, 0) is 4.79 Å². The van der Waals surface area contributed by atoms with E-state index in [-0.39, 0.29) is 6.42 Å². The van der Waals surface area contributed by atoms with Crippen molar-refractivity contribution in [1.82, 2.24) is 0 Å². The molecule has 0 aliphatic heterocycles. The molecule has 1 atom stereocenters. The lowest BCUT2D eigenvalue weighted by Gasteiger charge is -2.02. The molecule has 1 aromatic heterocycles. The van der Waals surface area contributed by atoms with Gasteiger partial charge in [0, 0.05) is 9.58 Å². The number of hydrogen-bond donors (Lipinski definition) is 2. The van der Waals surface area contributed by atoms with E-state index in [1.165, 1.54) is 11.3 Å². The molecule has 0 radical (unpaired) electrons. The number of aliphatic hydroxyl groups excluding tert-OH is 1. The Morgan fingerprint density at radius 1 is 1.40 bits per heavy atom. The number of rotatable bonds is 3. The number of fused-ring (bicyclic) bond motifs is 1. The quantitative estimate of drug-likeness (QED) is 0.838. The van der Waals surface area contributed by atoms with E-state index in [0.717, 1.165) is 10.1 Å². The number of aliphatic carboxylic acids is 1. The SMILES string of the molecule is O=C(O)CC(O)c1cc2ccccc2s1. The maximum atomic E-state index is 10.4. The molecule has 0 aliphatic rings. The molecule has 15 heavy (non-hydrogen) atoms. The molecule has 0 saturated carbocycles. The Morgan fingerprint density at radius 3 is 2.80 bits per heavy atom. The molecule has 0 bridgehead atoms. The predicted molar refractivity (Wildman–Crippen MR) is 59.0 cm³/mol. The van der Waals surface area contributed by atoms with E-state index in [1.807, 2.05) is 30.3 Å². The van der Waals surface area contributed by atoms with Crippen molar-refractivity contribution >= 4 is 27.4 Å². The van der Waals surface area contributed by atoms with Gasteiger partial charge in [-0.05, 0) is 17.5 Å². The summed E-state index contributed by atoms with van der Waals surface area (Å²) in [6.45, 7) is 0. The lowest BCUT2D eigenvalue weighted by Crippen LogP contribution is -2.03. The smallest absolute Gasteiger partial charge is 0.306 e. The minimum Gasteiger partial charge on any atom is -0.481 e.